The van der Waals surface area contributed by atoms with Crippen molar-refractivity contribution in [1.29, 1.82) is 0 Å². The van der Waals surface area contributed by atoms with Crippen LogP contribution in [0.3, 0.4) is 0 Å². The summed E-state index contributed by atoms with van der Waals surface area (Å²) in [6, 6.07) is 7.23. The third-order valence-electron chi connectivity index (χ3n) is 5.69. The molecule has 1 saturated heterocycles. The number of rotatable bonds is 6. The summed E-state index contributed by atoms with van der Waals surface area (Å²) in [4.78, 5) is 47.0. The first-order chi connectivity index (χ1) is 16.4. The summed E-state index contributed by atoms with van der Waals surface area (Å²) in [5, 5.41) is 0.791. The molecule has 2 aliphatic rings. The van der Waals surface area contributed by atoms with Crippen molar-refractivity contribution in [2.24, 2.45) is 0 Å². The number of hydrogen-bond donors (Lipinski definition) is 0. The Morgan fingerprint density at radius 1 is 1.15 bits per heavy atom. The average molecular weight is 505 g/mol. The zero-order chi connectivity index (χ0) is 24.2. The Hall–Kier alpha value is -2.66. The van der Waals surface area contributed by atoms with E-state index in [1.807, 2.05) is 12.1 Å². The maximum absolute atomic E-state index is 13.4. The van der Waals surface area contributed by atoms with E-state index in [0.717, 1.165) is 12.1 Å². The van der Waals surface area contributed by atoms with Crippen LogP contribution in [0.5, 0.6) is 5.75 Å². The van der Waals surface area contributed by atoms with Gasteiger partial charge in [-0.3, -0.25) is 14.2 Å². The Morgan fingerprint density at radius 2 is 1.82 bits per heavy atom. The molecule has 2 aromatic rings. The number of fused-ring (bicyclic) bond motifs is 1. The van der Waals surface area contributed by atoms with Gasteiger partial charge in [0.25, 0.3) is 5.56 Å². The molecule has 0 bridgehead atoms. The number of aromatic nitrogens is 2. The Bertz CT molecular complexity index is 1110. The minimum atomic E-state index is -0.345. The minimum Gasteiger partial charge on any atom is -0.497 e. The van der Waals surface area contributed by atoms with E-state index >= 15 is 0 Å². The molecule has 0 saturated carbocycles. The first-order valence-corrected chi connectivity index (χ1v) is 13.1. The van der Waals surface area contributed by atoms with Crippen LogP contribution in [-0.4, -0.2) is 82.2 Å². The summed E-state index contributed by atoms with van der Waals surface area (Å²) in [5.74, 6) is 0.802. The number of ether oxygens (including phenoxy) is 2. The Balaban J connectivity index is 1.51. The Kier molecular flexibility index (Phi) is 7.72. The third kappa shape index (κ3) is 5.20. The molecule has 2 amide bonds. The van der Waals surface area contributed by atoms with E-state index in [9.17, 15) is 14.4 Å². The normalized spacial score (nSPS) is 17.4. The van der Waals surface area contributed by atoms with Gasteiger partial charge in [-0.15, -0.1) is 11.8 Å². The topological polar surface area (TPSA) is 94.0 Å². The summed E-state index contributed by atoms with van der Waals surface area (Å²) in [6.45, 7) is 5.97. The van der Waals surface area contributed by atoms with Gasteiger partial charge in [0.1, 0.15) is 5.75 Å². The van der Waals surface area contributed by atoms with Gasteiger partial charge in [0.05, 0.1) is 35.7 Å². The van der Waals surface area contributed by atoms with Crippen molar-refractivity contribution < 1.29 is 19.1 Å². The molecule has 1 aromatic carbocycles. The maximum Gasteiger partial charge on any atom is 0.409 e. The molecule has 9 nitrogen and oxygen atoms in total. The van der Waals surface area contributed by atoms with Gasteiger partial charge >= 0.3 is 6.09 Å². The molecule has 1 fully saturated rings. The van der Waals surface area contributed by atoms with E-state index in [1.165, 1.54) is 11.8 Å². The van der Waals surface area contributed by atoms with Crippen LogP contribution < -0.4 is 10.3 Å². The van der Waals surface area contributed by atoms with Crippen LogP contribution in [0.15, 0.2) is 39.1 Å². The molecule has 1 unspecified atom stereocenters. The molecule has 4 rings (SSSR count). The predicted octanol–water partition coefficient (Wildman–Crippen LogP) is 2.67. The van der Waals surface area contributed by atoms with E-state index in [1.54, 1.807) is 52.3 Å². The van der Waals surface area contributed by atoms with E-state index in [4.69, 9.17) is 14.5 Å². The van der Waals surface area contributed by atoms with Crippen molar-refractivity contribution in [2.75, 3.05) is 45.6 Å². The standard InChI is InChI=1S/C23H28N4O5S2/c1-4-32-23(30)26-11-9-25(10-12-26)19(28)14-33-22-24-18-13-15(2)34-20(18)21(29)27(22)16-5-7-17(31-3)8-6-16/h5-8,15H,4,9-14H2,1-3H3. The SMILES string of the molecule is CCOC(=O)N1CCN(C(=O)CSc2nc3c(c(=O)n2-c2ccc(OC)cc2)SC(C)C3)CC1. The Labute approximate surface area is 206 Å². The van der Waals surface area contributed by atoms with Gasteiger partial charge in [-0.2, -0.15) is 0 Å². The van der Waals surface area contributed by atoms with Crippen LogP contribution in [0.2, 0.25) is 0 Å². The second-order valence-electron chi connectivity index (χ2n) is 8.00. The molecule has 0 spiro atoms. The molecule has 1 atom stereocenters. The zero-order valence-electron chi connectivity index (χ0n) is 19.5. The quantitative estimate of drug-likeness (QED) is 0.438. The van der Waals surface area contributed by atoms with Crippen molar-refractivity contribution in [1.82, 2.24) is 19.4 Å². The molecule has 34 heavy (non-hydrogen) atoms. The number of nitrogens with zero attached hydrogens (tertiary/aromatic N) is 4. The van der Waals surface area contributed by atoms with Gasteiger partial charge < -0.3 is 19.3 Å². The molecule has 11 heteroatoms. The van der Waals surface area contributed by atoms with Gasteiger partial charge in [-0.25, -0.2) is 9.78 Å². The number of carbonyl (C=O) groups is 2. The molecule has 182 valence electrons. The number of benzene rings is 1. The number of carbonyl (C=O) groups excluding carboxylic acids is 2. The van der Waals surface area contributed by atoms with Crippen molar-refractivity contribution in [3.05, 3.63) is 40.3 Å². The summed E-state index contributed by atoms with van der Waals surface area (Å²) in [5.41, 5.74) is 1.37. The highest BCUT2D eigenvalue weighted by Gasteiger charge is 2.28. The molecule has 3 heterocycles. The molecule has 0 radical (unpaired) electrons. The number of thioether (sulfide) groups is 2. The minimum absolute atomic E-state index is 0.0488. The highest BCUT2D eigenvalue weighted by atomic mass is 32.2. The fourth-order valence-electron chi connectivity index (χ4n) is 3.93. The van der Waals surface area contributed by atoms with E-state index in [0.29, 0.717) is 54.3 Å². The van der Waals surface area contributed by atoms with E-state index in [2.05, 4.69) is 6.92 Å². The summed E-state index contributed by atoms with van der Waals surface area (Å²) < 4.78 is 11.9. The molecular weight excluding hydrogens is 476 g/mol. The largest absolute Gasteiger partial charge is 0.497 e. The van der Waals surface area contributed by atoms with Crippen molar-refractivity contribution in [3.63, 3.8) is 0 Å². The lowest BCUT2D eigenvalue weighted by molar-refractivity contribution is -0.129. The summed E-state index contributed by atoms with van der Waals surface area (Å²) in [7, 11) is 1.59. The van der Waals surface area contributed by atoms with E-state index in [-0.39, 0.29) is 28.6 Å². The molecule has 0 aliphatic carbocycles. The number of amides is 2. The summed E-state index contributed by atoms with van der Waals surface area (Å²) in [6.07, 6.45) is 0.387. The first kappa shape index (κ1) is 24.5. The van der Waals surface area contributed by atoms with Crippen LogP contribution in [0, 0.1) is 0 Å². The lowest BCUT2D eigenvalue weighted by Gasteiger charge is -2.34. The van der Waals surface area contributed by atoms with Crippen molar-refractivity contribution >= 4 is 35.5 Å². The Morgan fingerprint density at radius 3 is 2.47 bits per heavy atom. The van der Waals surface area contributed by atoms with E-state index < -0.39 is 0 Å². The molecule has 2 aliphatic heterocycles. The van der Waals surface area contributed by atoms with Gasteiger partial charge in [0.2, 0.25) is 5.91 Å². The number of hydrogen-bond acceptors (Lipinski definition) is 8. The summed E-state index contributed by atoms with van der Waals surface area (Å²) >= 11 is 2.81. The number of methoxy groups -OCH3 is 1. The van der Waals surface area contributed by atoms with Crippen molar-refractivity contribution in [2.45, 2.75) is 35.6 Å². The average Bonchev–Trinajstić information content (AvgIpc) is 3.23. The third-order valence-corrected chi connectivity index (χ3v) is 7.83. The first-order valence-electron chi connectivity index (χ1n) is 11.2. The molecule has 1 aromatic heterocycles. The highest BCUT2D eigenvalue weighted by molar-refractivity contribution is 8.00. The number of piperazine rings is 1. The predicted molar refractivity (Wildman–Crippen MR) is 131 cm³/mol. The monoisotopic (exact) mass is 504 g/mol. The maximum atomic E-state index is 13.4. The van der Waals surface area contributed by atoms with Gasteiger partial charge in [0.15, 0.2) is 5.16 Å². The van der Waals surface area contributed by atoms with Crippen LogP contribution in [-0.2, 0) is 16.0 Å². The van der Waals surface area contributed by atoms with Crippen LogP contribution in [0.25, 0.3) is 5.69 Å². The van der Waals surface area contributed by atoms with Gasteiger partial charge in [0, 0.05) is 37.8 Å². The second-order valence-corrected chi connectivity index (χ2v) is 10.4. The smallest absolute Gasteiger partial charge is 0.409 e. The fraction of sp³-hybridized carbons (Fsp3) is 0.478. The van der Waals surface area contributed by atoms with Crippen LogP contribution in [0.4, 0.5) is 4.79 Å². The van der Waals surface area contributed by atoms with Crippen LogP contribution >= 0.6 is 23.5 Å². The zero-order valence-corrected chi connectivity index (χ0v) is 21.1. The highest BCUT2D eigenvalue weighted by Crippen LogP contribution is 2.35. The fourth-order valence-corrected chi connectivity index (χ4v) is 5.95. The lowest BCUT2D eigenvalue weighted by Crippen LogP contribution is -2.51. The lowest BCUT2D eigenvalue weighted by atomic mass is 10.2. The molecule has 0 N–H and O–H groups in total. The van der Waals surface area contributed by atoms with Crippen molar-refractivity contribution in [3.8, 4) is 11.4 Å². The second kappa shape index (κ2) is 10.7. The molecular formula is C23H28N4O5S2. The van der Waals surface area contributed by atoms with Crippen LogP contribution in [0.1, 0.15) is 19.5 Å². The van der Waals surface area contributed by atoms with Gasteiger partial charge in [-0.1, -0.05) is 18.7 Å². The van der Waals surface area contributed by atoms with Gasteiger partial charge in [-0.05, 0) is 31.2 Å².